The first kappa shape index (κ1) is 15.1. The molecule has 0 aliphatic rings. The zero-order chi connectivity index (χ0) is 13.5. The average molecular weight is 271 g/mol. The molecule has 5 nitrogen and oxygen atoms in total. The minimum absolute atomic E-state index is 0.180. The summed E-state index contributed by atoms with van der Waals surface area (Å²) < 4.78 is 4.83. The SMILES string of the molecule is CCc1nc(CCNC(=O)C(N)COC)sc1C. The predicted octanol–water partition coefficient (Wildman–Crippen LogP) is 0.646. The molecule has 6 heteroatoms. The van der Waals surface area contributed by atoms with Gasteiger partial charge in [-0.2, -0.15) is 0 Å². The van der Waals surface area contributed by atoms with Crippen molar-refractivity contribution < 1.29 is 9.53 Å². The van der Waals surface area contributed by atoms with E-state index in [1.165, 1.54) is 12.0 Å². The van der Waals surface area contributed by atoms with Crippen LogP contribution in [-0.4, -0.2) is 37.2 Å². The molecule has 3 N–H and O–H groups in total. The predicted molar refractivity (Wildman–Crippen MR) is 72.8 cm³/mol. The van der Waals surface area contributed by atoms with Crippen LogP contribution in [-0.2, 0) is 22.4 Å². The molecular formula is C12H21N3O2S. The standard InChI is InChI=1S/C12H21N3O2S/c1-4-10-8(2)18-11(15-10)5-6-14-12(16)9(13)7-17-3/h9H,4-7,13H2,1-3H3,(H,14,16). The number of aromatic nitrogens is 1. The van der Waals surface area contributed by atoms with Crippen LogP contribution in [0, 0.1) is 6.92 Å². The smallest absolute Gasteiger partial charge is 0.239 e. The number of hydrogen-bond donors (Lipinski definition) is 2. The van der Waals surface area contributed by atoms with Gasteiger partial charge in [0.1, 0.15) is 6.04 Å². The zero-order valence-electron chi connectivity index (χ0n) is 11.2. The lowest BCUT2D eigenvalue weighted by Gasteiger charge is -2.10. The Morgan fingerprint density at radius 3 is 2.89 bits per heavy atom. The molecule has 0 aromatic carbocycles. The van der Waals surface area contributed by atoms with Crippen LogP contribution in [0.2, 0.25) is 0 Å². The number of thiazole rings is 1. The highest BCUT2D eigenvalue weighted by atomic mass is 32.1. The summed E-state index contributed by atoms with van der Waals surface area (Å²) in [5.41, 5.74) is 6.76. The molecule has 0 radical (unpaired) electrons. The van der Waals surface area contributed by atoms with Crippen molar-refractivity contribution in [3.63, 3.8) is 0 Å². The molecule has 1 aromatic heterocycles. The molecule has 0 aliphatic heterocycles. The van der Waals surface area contributed by atoms with E-state index in [0.717, 1.165) is 23.5 Å². The van der Waals surface area contributed by atoms with E-state index in [-0.39, 0.29) is 12.5 Å². The van der Waals surface area contributed by atoms with Crippen molar-refractivity contribution in [2.45, 2.75) is 32.7 Å². The molecule has 0 aliphatic carbocycles. The molecule has 102 valence electrons. The minimum Gasteiger partial charge on any atom is -0.383 e. The van der Waals surface area contributed by atoms with E-state index >= 15 is 0 Å². The van der Waals surface area contributed by atoms with Crippen LogP contribution in [0.1, 0.15) is 22.5 Å². The summed E-state index contributed by atoms with van der Waals surface area (Å²) in [6, 6.07) is -0.598. The quantitative estimate of drug-likeness (QED) is 0.763. The third kappa shape index (κ3) is 4.36. The Morgan fingerprint density at radius 1 is 1.61 bits per heavy atom. The number of aryl methyl sites for hydroxylation is 2. The second kappa shape index (κ2) is 7.45. The van der Waals surface area contributed by atoms with Gasteiger partial charge in [-0.05, 0) is 13.3 Å². The van der Waals surface area contributed by atoms with E-state index in [1.807, 2.05) is 0 Å². The van der Waals surface area contributed by atoms with Gasteiger partial charge < -0.3 is 15.8 Å². The largest absolute Gasteiger partial charge is 0.383 e. The number of methoxy groups -OCH3 is 1. The number of nitrogens with one attached hydrogen (secondary N) is 1. The van der Waals surface area contributed by atoms with Crippen molar-refractivity contribution in [3.8, 4) is 0 Å². The first-order valence-electron chi connectivity index (χ1n) is 6.05. The van der Waals surface area contributed by atoms with Gasteiger partial charge in [-0.15, -0.1) is 11.3 Å². The maximum atomic E-state index is 11.5. The number of nitrogens with two attached hydrogens (primary N) is 1. The second-order valence-electron chi connectivity index (χ2n) is 4.07. The van der Waals surface area contributed by atoms with Crippen molar-refractivity contribution in [2.75, 3.05) is 20.3 Å². The molecule has 1 amide bonds. The van der Waals surface area contributed by atoms with E-state index in [0.29, 0.717) is 6.54 Å². The van der Waals surface area contributed by atoms with Crippen LogP contribution in [0.3, 0.4) is 0 Å². The second-order valence-corrected chi connectivity index (χ2v) is 5.35. The van der Waals surface area contributed by atoms with Crippen LogP contribution < -0.4 is 11.1 Å². The van der Waals surface area contributed by atoms with Crippen LogP contribution >= 0.6 is 11.3 Å². The van der Waals surface area contributed by atoms with Gasteiger partial charge >= 0.3 is 0 Å². The van der Waals surface area contributed by atoms with Crippen molar-refractivity contribution in [3.05, 3.63) is 15.6 Å². The van der Waals surface area contributed by atoms with Crippen LogP contribution in [0.5, 0.6) is 0 Å². The highest BCUT2D eigenvalue weighted by molar-refractivity contribution is 7.11. The van der Waals surface area contributed by atoms with Crippen molar-refractivity contribution >= 4 is 17.2 Å². The Labute approximate surface area is 112 Å². The van der Waals surface area contributed by atoms with Gasteiger partial charge in [0.2, 0.25) is 5.91 Å². The Hall–Kier alpha value is -0.980. The van der Waals surface area contributed by atoms with Gasteiger partial charge in [-0.25, -0.2) is 4.98 Å². The summed E-state index contributed by atoms with van der Waals surface area (Å²) in [5, 5.41) is 3.85. The Kier molecular flexibility index (Phi) is 6.24. The third-order valence-electron chi connectivity index (χ3n) is 2.59. The maximum absolute atomic E-state index is 11.5. The molecule has 0 saturated carbocycles. The van der Waals surface area contributed by atoms with Gasteiger partial charge in [-0.1, -0.05) is 6.92 Å². The normalized spacial score (nSPS) is 12.4. The molecule has 1 atom stereocenters. The topological polar surface area (TPSA) is 77.2 Å². The van der Waals surface area contributed by atoms with Crippen molar-refractivity contribution in [1.82, 2.24) is 10.3 Å². The monoisotopic (exact) mass is 271 g/mol. The molecule has 1 aromatic rings. The third-order valence-corrected chi connectivity index (χ3v) is 3.67. The molecule has 1 unspecified atom stereocenters. The number of hydrogen-bond acceptors (Lipinski definition) is 5. The summed E-state index contributed by atoms with van der Waals surface area (Å²) in [7, 11) is 1.53. The Bertz CT molecular complexity index is 393. The first-order valence-corrected chi connectivity index (χ1v) is 6.87. The van der Waals surface area contributed by atoms with Crippen molar-refractivity contribution in [2.24, 2.45) is 5.73 Å². The summed E-state index contributed by atoms with van der Waals surface area (Å²) in [6.45, 7) is 4.97. The van der Waals surface area contributed by atoms with E-state index in [9.17, 15) is 4.79 Å². The van der Waals surface area contributed by atoms with E-state index in [2.05, 4.69) is 24.1 Å². The van der Waals surface area contributed by atoms with Gasteiger partial charge in [0.25, 0.3) is 0 Å². The molecular weight excluding hydrogens is 250 g/mol. The molecule has 1 rings (SSSR count). The number of amides is 1. The highest BCUT2D eigenvalue weighted by Crippen LogP contribution is 2.17. The maximum Gasteiger partial charge on any atom is 0.239 e. The number of ether oxygens (including phenoxy) is 1. The first-order chi connectivity index (χ1) is 8.58. The fourth-order valence-electron chi connectivity index (χ4n) is 1.60. The average Bonchev–Trinajstić information content (AvgIpc) is 2.70. The summed E-state index contributed by atoms with van der Waals surface area (Å²) in [4.78, 5) is 17.3. The molecule has 0 saturated heterocycles. The van der Waals surface area contributed by atoms with Gasteiger partial charge in [0.05, 0.1) is 17.3 Å². The van der Waals surface area contributed by atoms with Crippen LogP contribution in [0.25, 0.3) is 0 Å². The highest BCUT2D eigenvalue weighted by Gasteiger charge is 2.12. The fourth-order valence-corrected chi connectivity index (χ4v) is 2.62. The number of carbonyl (C=O) groups is 1. The lowest BCUT2D eigenvalue weighted by Crippen LogP contribution is -2.44. The van der Waals surface area contributed by atoms with Crippen molar-refractivity contribution in [1.29, 1.82) is 0 Å². The minimum atomic E-state index is -0.598. The van der Waals surface area contributed by atoms with Gasteiger partial charge in [0, 0.05) is 25.0 Å². The van der Waals surface area contributed by atoms with Crippen LogP contribution in [0.4, 0.5) is 0 Å². The Balaban J connectivity index is 2.35. The van der Waals surface area contributed by atoms with Gasteiger partial charge in [-0.3, -0.25) is 4.79 Å². The van der Waals surface area contributed by atoms with Gasteiger partial charge in [0.15, 0.2) is 0 Å². The number of nitrogens with zero attached hydrogens (tertiary/aromatic N) is 1. The number of rotatable bonds is 7. The van der Waals surface area contributed by atoms with E-state index in [1.54, 1.807) is 11.3 Å². The molecule has 1 heterocycles. The molecule has 0 bridgehead atoms. The summed E-state index contributed by atoms with van der Waals surface area (Å²) in [5.74, 6) is -0.180. The zero-order valence-corrected chi connectivity index (χ0v) is 12.0. The van der Waals surface area contributed by atoms with Crippen LogP contribution in [0.15, 0.2) is 0 Å². The summed E-state index contributed by atoms with van der Waals surface area (Å²) >= 11 is 1.69. The lowest BCUT2D eigenvalue weighted by molar-refractivity contribution is -0.123. The lowest BCUT2D eigenvalue weighted by atomic mass is 10.3. The fraction of sp³-hybridized carbons (Fsp3) is 0.667. The summed E-state index contributed by atoms with van der Waals surface area (Å²) in [6.07, 6.45) is 1.70. The van der Waals surface area contributed by atoms with E-state index < -0.39 is 6.04 Å². The molecule has 0 fully saturated rings. The molecule has 0 spiro atoms. The Morgan fingerprint density at radius 2 is 2.33 bits per heavy atom. The molecule has 18 heavy (non-hydrogen) atoms. The number of carbonyl (C=O) groups excluding carboxylic acids is 1. The van der Waals surface area contributed by atoms with E-state index in [4.69, 9.17) is 10.5 Å².